The predicted octanol–water partition coefficient (Wildman–Crippen LogP) is 2.43. The van der Waals surface area contributed by atoms with Crippen molar-refractivity contribution in [2.45, 2.75) is 77.5 Å². The molecule has 5 nitrogen and oxygen atoms in total. The van der Waals surface area contributed by atoms with Crippen LogP contribution in [0, 0.1) is 5.92 Å². The summed E-state index contributed by atoms with van der Waals surface area (Å²) in [6.07, 6.45) is 4.98. The molecular formula is C16H32N2O3. The molecule has 1 aliphatic carbocycles. The molecule has 1 rings (SSSR count). The van der Waals surface area contributed by atoms with Gasteiger partial charge in [-0.1, -0.05) is 6.42 Å². The number of rotatable bonds is 7. The third-order valence-electron chi connectivity index (χ3n) is 3.86. The van der Waals surface area contributed by atoms with Gasteiger partial charge in [-0.15, -0.1) is 0 Å². The predicted molar refractivity (Wildman–Crippen MR) is 84.3 cm³/mol. The van der Waals surface area contributed by atoms with Crippen molar-refractivity contribution in [3.63, 3.8) is 0 Å². The number of hydrogen-bond acceptors (Lipinski definition) is 4. The highest BCUT2D eigenvalue weighted by Crippen LogP contribution is 2.26. The summed E-state index contributed by atoms with van der Waals surface area (Å²) < 4.78 is 5.27. The first-order valence-electron chi connectivity index (χ1n) is 8.15. The molecule has 1 saturated carbocycles. The van der Waals surface area contributed by atoms with E-state index in [9.17, 15) is 4.79 Å². The largest absolute Gasteiger partial charge is 0.444 e. The Labute approximate surface area is 128 Å². The summed E-state index contributed by atoms with van der Waals surface area (Å²) in [7, 11) is 0. The number of carbonyl (C=O) groups is 1. The van der Waals surface area contributed by atoms with Gasteiger partial charge < -0.3 is 20.5 Å². The van der Waals surface area contributed by atoms with E-state index in [0.717, 1.165) is 25.7 Å². The van der Waals surface area contributed by atoms with Crippen molar-refractivity contribution in [3.8, 4) is 0 Å². The molecule has 0 spiro atoms. The third kappa shape index (κ3) is 7.67. The van der Waals surface area contributed by atoms with Crippen LogP contribution in [0.25, 0.3) is 0 Å². The van der Waals surface area contributed by atoms with Gasteiger partial charge in [-0.05, 0) is 59.3 Å². The summed E-state index contributed by atoms with van der Waals surface area (Å²) in [6, 6.07) is 0.859. The van der Waals surface area contributed by atoms with Crippen LogP contribution >= 0.6 is 0 Å². The number of carbonyl (C=O) groups excluding carboxylic acids is 1. The lowest BCUT2D eigenvalue weighted by Gasteiger charge is -2.26. The van der Waals surface area contributed by atoms with Crippen molar-refractivity contribution < 1.29 is 14.6 Å². The molecule has 1 amide bonds. The molecule has 0 aromatic rings. The van der Waals surface area contributed by atoms with Gasteiger partial charge in [0.1, 0.15) is 5.60 Å². The number of amides is 1. The second-order valence-electron chi connectivity index (χ2n) is 7.11. The van der Waals surface area contributed by atoms with E-state index in [2.05, 4.69) is 17.6 Å². The van der Waals surface area contributed by atoms with Gasteiger partial charge in [0.25, 0.3) is 0 Å². The summed E-state index contributed by atoms with van der Waals surface area (Å²) >= 11 is 0. The standard InChI is InChI=1S/C16H32N2O3/c1-12(7-6-10-19)18-14-9-5-8-13(14)11-17-15(20)21-16(2,3)4/h12-14,18-19H,5-11H2,1-4H3,(H,17,20). The molecule has 1 fully saturated rings. The number of aliphatic hydroxyl groups is 1. The van der Waals surface area contributed by atoms with Crippen LogP contribution in [0.2, 0.25) is 0 Å². The van der Waals surface area contributed by atoms with Gasteiger partial charge in [0, 0.05) is 25.2 Å². The van der Waals surface area contributed by atoms with Crippen LogP contribution in [0.1, 0.15) is 59.8 Å². The molecule has 124 valence electrons. The van der Waals surface area contributed by atoms with Crippen molar-refractivity contribution in [1.82, 2.24) is 10.6 Å². The maximum atomic E-state index is 11.7. The Kier molecular flexibility index (Phi) is 7.46. The van der Waals surface area contributed by atoms with Crippen molar-refractivity contribution in [2.75, 3.05) is 13.2 Å². The minimum Gasteiger partial charge on any atom is -0.444 e. The van der Waals surface area contributed by atoms with Crippen LogP contribution in [0.15, 0.2) is 0 Å². The first kappa shape index (κ1) is 18.2. The lowest BCUT2D eigenvalue weighted by Crippen LogP contribution is -2.43. The molecule has 3 N–H and O–H groups in total. The lowest BCUT2D eigenvalue weighted by molar-refractivity contribution is 0.0517. The Hall–Kier alpha value is -0.810. The minimum atomic E-state index is -0.448. The molecule has 5 heteroatoms. The minimum absolute atomic E-state index is 0.250. The van der Waals surface area contributed by atoms with E-state index in [-0.39, 0.29) is 12.7 Å². The van der Waals surface area contributed by atoms with E-state index in [1.165, 1.54) is 6.42 Å². The number of alkyl carbamates (subject to hydrolysis) is 1. The Morgan fingerprint density at radius 2 is 2.10 bits per heavy atom. The van der Waals surface area contributed by atoms with Crippen LogP contribution in [0.5, 0.6) is 0 Å². The Morgan fingerprint density at radius 1 is 1.38 bits per heavy atom. The summed E-state index contributed by atoms with van der Waals surface area (Å²) in [5.41, 5.74) is -0.448. The number of aliphatic hydroxyl groups excluding tert-OH is 1. The average Bonchev–Trinajstić information content (AvgIpc) is 2.79. The average molecular weight is 300 g/mol. The summed E-state index contributed by atoms with van der Waals surface area (Å²) in [4.78, 5) is 11.7. The molecular weight excluding hydrogens is 268 g/mol. The van der Waals surface area contributed by atoms with Crippen LogP contribution in [0.3, 0.4) is 0 Å². The van der Waals surface area contributed by atoms with Crippen molar-refractivity contribution in [2.24, 2.45) is 5.92 Å². The van der Waals surface area contributed by atoms with E-state index in [1.807, 2.05) is 20.8 Å². The highest BCUT2D eigenvalue weighted by atomic mass is 16.6. The molecule has 0 aromatic heterocycles. The zero-order valence-electron chi connectivity index (χ0n) is 13.9. The molecule has 0 radical (unpaired) electrons. The first-order valence-corrected chi connectivity index (χ1v) is 8.15. The van der Waals surface area contributed by atoms with Gasteiger partial charge in [-0.25, -0.2) is 4.79 Å². The van der Waals surface area contributed by atoms with E-state index in [4.69, 9.17) is 9.84 Å². The van der Waals surface area contributed by atoms with Crippen LogP contribution in [0.4, 0.5) is 4.79 Å². The normalized spacial score (nSPS) is 23.9. The van der Waals surface area contributed by atoms with Gasteiger partial charge >= 0.3 is 6.09 Å². The number of hydrogen-bond donors (Lipinski definition) is 3. The maximum absolute atomic E-state index is 11.7. The van der Waals surface area contributed by atoms with Crippen molar-refractivity contribution in [1.29, 1.82) is 0 Å². The van der Waals surface area contributed by atoms with Crippen LogP contribution in [-0.2, 0) is 4.74 Å². The van der Waals surface area contributed by atoms with Crippen LogP contribution < -0.4 is 10.6 Å². The number of nitrogens with one attached hydrogen (secondary N) is 2. The molecule has 3 atom stereocenters. The van der Waals surface area contributed by atoms with E-state index in [0.29, 0.717) is 24.5 Å². The Bertz CT molecular complexity index is 315. The van der Waals surface area contributed by atoms with Gasteiger partial charge in [-0.2, -0.15) is 0 Å². The van der Waals surface area contributed by atoms with Crippen molar-refractivity contribution >= 4 is 6.09 Å². The Balaban J connectivity index is 2.31. The summed E-state index contributed by atoms with van der Waals surface area (Å²) in [5.74, 6) is 0.467. The molecule has 0 saturated heterocycles. The molecule has 0 bridgehead atoms. The van der Waals surface area contributed by atoms with E-state index >= 15 is 0 Å². The Morgan fingerprint density at radius 3 is 2.71 bits per heavy atom. The summed E-state index contributed by atoms with van der Waals surface area (Å²) in [6.45, 7) is 8.69. The molecule has 21 heavy (non-hydrogen) atoms. The quantitative estimate of drug-likeness (QED) is 0.675. The van der Waals surface area contributed by atoms with Gasteiger partial charge in [0.2, 0.25) is 0 Å². The highest BCUT2D eigenvalue weighted by Gasteiger charge is 2.28. The van der Waals surface area contributed by atoms with Crippen molar-refractivity contribution in [3.05, 3.63) is 0 Å². The first-order chi connectivity index (χ1) is 9.81. The zero-order chi connectivity index (χ0) is 15.9. The van der Waals surface area contributed by atoms with Gasteiger partial charge in [-0.3, -0.25) is 0 Å². The SMILES string of the molecule is CC(CCCO)NC1CCCC1CNC(=O)OC(C)(C)C. The van der Waals surface area contributed by atoms with E-state index in [1.54, 1.807) is 0 Å². The van der Waals surface area contributed by atoms with E-state index < -0.39 is 5.60 Å². The second-order valence-corrected chi connectivity index (χ2v) is 7.11. The fraction of sp³-hybridized carbons (Fsp3) is 0.938. The van der Waals surface area contributed by atoms with Gasteiger partial charge in [0.15, 0.2) is 0 Å². The lowest BCUT2D eigenvalue weighted by atomic mass is 10.0. The fourth-order valence-electron chi connectivity index (χ4n) is 2.88. The zero-order valence-corrected chi connectivity index (χ0v) is 13.9. The monoisotopic (exact) mass is 300 g/mol. The third-order valence-corrected chi connectivity index (χ3v) is 3.86. The maximum Gasteiger partial charge on any atom is 0.407 e. The smallest absolute Gasteiger partial charge is 0.407 e. The number of ether oxygens (including phenoxy) is 1. The molecule has 0 aromatic carbocycles. The summed E-state index contributed by atoms with van der Waals surface area (Å²) in [5, 5.41) is 15.4. The fourth-order valence-corrected chi connectivity index (χ4v) is 2.88. The highest BCUT2D eigenvalue weighted by molar-refractivity contribution is 5.67. The molecule has 0 aliphatic heterocycles. The molecule has 1 aliphatic rings. The molecule has 0 heterocycles. The van der Waals surface area contributed by atoms with Crippen LogP contribution in [-0.4, -0.2) is 42.0 Å². The second kappa shape index (κ2) is 8.59. The van der Waals surface area contributed by atoms with Gasteiger partial charge in [0.05, 0.1) is 0 Å². The molecule has 3 unspecified atom stereocenters. The topological polar surface area (TPSA) is 70.6 Å².